The first-order valence-electron chi connectivity index (χ1n) is 8.05. The summed E-state index contributed by atoms with van der Waals surface area (Å²) in [5.74, 6) is 1.35. The Bertz CT molecular complexity index is 960. The van der Waals surface area contributed by atoms with E-state index in [2.05, 4.69) is 15.5 Å². The zero-order chi connectivity index (χ0) is 19.1. The minimum atomic E-state index is -0.292. The Morgan fingerprint density at radius 3 is 2.74 bits per heavy atom. The summed E-state index contributed by atoms with van der Waals surface area (Å²) in [6.07, 6.45) is -0.0432. The molecule has 0 aliphatic heterocycles. The maximum Gasteiger partial charge on any atom is 0.264 e. The number of benzene rings is 2. The smallest absolute Gasteiger partial charge is 0.264 e. The number of para-hydroxylation sites is 2. The van der Waals surface area contributed by atoms with Gasteiger partial charge in [-0.25, -0.2) is 0 Å². The Labute approximate surface area is 155 Å². The normalized spacial score (nSPS) is 10.1. The summed E-state index contributed by atoms with van der Waals surface area (Å²) in [5.41, 5.74) is 1.11. The van der Waals surface area contributed by atoms with E-state index in [9.17, 15) is 4.79 Å². The van der Waals surface area contributed by atoms with Crippen LogP contribution in [-0.2, 0) is 17.8 Å². The number of hydrogen-bond donors (Lipinski definition) is 1. The number of methoxy groups -OCH3 is 1. The summed E-state index contributed by atoms with van der Waals surface area (Å²) in [5, 5.41) is 15.3. The molecule has 136 valence electrons. The lowest BCUT2D eigenvalue weighted by Crippen LogP contribution is -2.15. The van der Waals surface area contributed by atoms with Gasteiger partial charge in [-0.1, -0.05) is 17.3 Å². The third-order valence-electron chi connectivity index (χ3n) is 3.56. The lowest BCUT2D eigenvalue weighted by molar-refractivity contribution is -0.115. The molecule has 0 fully saturated rings. The SMILES string of the molecule is COc1ccccc1NC(=O)Cc1noc(COc2ccc(C#N)cc2)n1. The standard InChI is InChI=1S/C19H16N4O4/c1-25-16-5-3-2-4-15(16)21-18(24)10-17-22-19(27-23-17)12-26-14-8-6-13(11-20)7-9-14/h2-9H,10,12H2,1H3,(H,21,24). The van der Waals surface area contributed by atoms with Gasteiger partial charge < -0.3 is 19.3 Å². The molecule has 0 saturated carbocycles. The predicted molar refractivity (Wildman–Crippen MR) is 95.1 cm³/mol. The van der Waals surface area contributed by atoms with Crippen molar-refractivity contribution in [1.82, 2.24) is 10.1 Å². The molecule has 3 rings (SSSR count). The van der Waals surface area contributed by atoms with Crippen LogP contribution in [0.5, 0.6) is 11.5 Å². The molecule has 0 radical (unpaired) electrons. The first kappa shape index (κ1) is 17.9. The molecule has 0 saturated heterocycles. The molecule has 27 heavy (non-hydrogen) atoms. The van der Waals surface area contributed by atoms with Crippen LogP contribution in [-0.4, -0.2) is 23.2 Å². The monoisotopic (exact) mass is 364 g/mol. The van der Waals surface area contributed by atoms with Crippen molar-refractivity contribution >= 4 is 11.6 Å². The third kappa shape index (κ3) is 4.83. The van der Waals surface area contributed by atoms with Gasteiger partial charge in [0.25, 0.3) is 5.89 Å². The average molecular weight is 364 g/mol. The van der Waals surface area contributed by atoms with E-state index in [0.717, 1.165) is 0 Å². The summed E-state index contributed by atoms with van der Waals surface area (Å²) in [7, 11) is 1.53. The first-order valence-corrected chi connectivity index (χ1v) is 8.05. The van der Waals surface area contributed by atoms with Gasteiger partial charge in [0.05, 0.1) is 30.9 Å². The van der Waals surface area contributed by atoms with Crippen LogP contribution in [0.15, 0.2) is 53.1 Å². The molecular weight excluding hydrogens is 348 g/mol. The number of anilines is 1. The summed E-state index contributed by atoms with van der Waals surface area (Å²) >= 11 is 0. The molecule has 0 bridgehead atoms. The maximum absolute atomic E-state index is 12.2. The van der Waals surface area contributed by atoms with E-state index in [1.54, 1.807) is 42.5 Å². The summed E-state index contributed by atoms with van der Waals surface area (Å²) < 4.78 is 15.8. The molecule has 8 heteroatoms. The van der Waals surface area contributed by atoms with Crippen LogP contribution in [0.25, 0.3) is 0 Å². The van der Waals surface area contributed by atoms with Gasteiger partial charge >= 0.3 is 0 Å². The Hall–Kier alpha value is -3.86. The number of ether oxygens (including phenoxy) is 2. The van der Waals surface area contributed by atoms with Gasteiger partial charge in [0.1, 0.15) is 11.5 Å². The van der Waals surface area contributed by atoms with Gasteiger partial charge in [0.15, 0.2) is 12.4 Å². The molecule has 0 spiro atoms. The Balaban J connectivity index is 1.54. The molecule has 1 aromatic heterocycles. The fraction of sp³-hybridized carbons (Fsp3) is 0.158. The molecule has 3 aromatic rings. The number of aromatic nitrogens is 2. The Morgan fingerprint density at radius 2 is 2.00 bits per heavy atom. The second kappa shape index (κ2) is 8.49. The molecule has 8 nitrogen and oxygen atoms in total. The van der Waals surface area contributed by atoms with Crippen molar-refractivity contribution in [3.8, 4) is 17.6 Å². The van der Waals surface area contributed by atoms with E-state index in [0.29, 0.717) is 22.7 Å². The molecule has 1 N–H and O–H groups in total. The molecule has 1 heterocycles. The number of nitrogens with one attached hydrogen (secondary N) is 1. The first-order chi connectivity index (χ1) is 13.2. The zero-order valence-corrected chi connectivity index (χ0v) is 14.5. The van der Waals surface area contributed by atoms with Gasteiger partial charge in [-0.15, -0.1) is 0 Å². The fourth-order valence-corrected chi connectivity index (χ4v) is 2.28. The predicted octanol–water partition coefficient (Wildman–Crippen LogP) is 2.71. The van der Waals surface area contributed by atoms with Crippen LogP contribution in [0.2, 0.25) is 0 Å². The van der Waals surface area contributed by atoms with Crippen molar-refractivity contribution in [1.29, 1.82) is 5.26 Å². The van der Waals surface area contributed by atoms with Crippen LogP contribution in [0.4, 0.5) is 5.69 Å². The average Bonchev–Trinajstić information content (AvgIpc) is 3.14. The zero-order valence-electron chi connectivity index (χ0n) is 14.5. The van der Waals surface area contributed by atoms with Crippen molar-refractivity contribution < 1.29 is 18.8 Å². The summed E-state index contributed by atoms with van der Waals surface area (Å²) in [6.45, 7) is 0.0625. The highest BCUT2D eigenvalue weighted by Gasteiger charge is 2.13. The van der Waals surface area contributed by atoms with E-state index in [4.69, 9.17) is 19.3 Å². The van der Waals surface area contributed by atoms with Crippen LogP contribution >= 0.6 is 0 Å². The van der Waals surface area contributed by atoms with Crippen molar-refractivity contribution in [2.45, 2.75) is 13.0 Å². The number of carbonyl (C=O) groups excluding carboxylic acids is 1. The van der Waals surface area contributed by atoms with Gasteiger partial charge in [-0.2, -0.15) is 10.2 Å². The summed E-state index contributed by atoms with van der Waals surface area (Å²) in [4.78, 5) is 16.3. The molecule has 0 aliphatic rings. The van der Waals surface area contributed by atoms with Crippen molar-refractivity contribution in [2.24, 2.45) is 0 Å². The fourth-order valence-electron chi connectivity index (χ4n) is 2.28. The van der Waals surface area contributed by atoms with Gasteiger partial charge in [-0.05, 0) is 36.4 Å². The van der Waals surface area contributed by atoms with E-state index in [1.807, 2.05) is 12.1 Å². The minimum Gasteiger partial charge on any atom is -0.495 e. The number of rotatable bonds is 7. The minimum absolute atomic E-state index is 0.0432. The van der Waals surface area contributed by atoms with Gasteiger partial charge in [0, 0.05) is 0 Å². The number of nitriles is 1. The quantitative estimate of drug-likeness (QED) is 0.686. The highest BCUT2D eigenvalue weighted by molar-refractivity contribution is 5.93. The lowest BCUT2D eigenvalue weighted by Gasteiger charge is -2.08. The molecule has 1 amide bonds. The Morgan fingerprint density at radius 1 is 1.22 bits per heavy atom. The molecule has 0 unspecified atom stereocenters. The highest BCUT2D eigenvalue weighted by Crippen LogP contribution is 2.23. The van der Waals surface area contributed by atoms with Crippen molar-refractivity contribution in [3.05, 3.63) is 65.8 Å². The second-order valence-electron chi connectivity index (χ2n) is 5.45. The van der Waals surface area contributed by atoms with Crippen LogP contribution in [0.1, 0.15) is 17.3 Å². The largest absolute Gasteiger partial charge is 0.495 e. The van der Waals surface area contributed by atoms with Crippen molar-refractivity contribution in [3.63, 3.8) is 0 Å². The van der Waals surface area contributed by atoms with E-state index in [-0.39, 0.29) is 30.7 Å². The van der Waals surface area contributed by atoms with Crippen molar-refractivity contribution in [2.75, 3.05) is 12.4 Å². The summed E-state index contributed by atoms with van der Waals surface area (Å²) in [6, 6.07) is 15.8. The number of amides is 1. The number of nitrogens with zero attached hydrogens (tertiary/aromatic N) is 3. The number of hydrogen-bond acceptors (Lipinski definition) is 7. The van der Waals surface area contributed by atoms with Gasteiger partial charge in [0.2, 0.25) is 5.91 Å². The van der Waals surface area contributed by atoms with E-state index in [1.165, 1.54) is 7.11 Å². The van der Waals surface area contributed by atoms with E-state index < -0.39 is 0 Å². The lowest BCUT2D eigenvalue weighted by atomic mass is 10.2. The molecule has 2 aromatic carbocycles. The highest BCUT2D eigenvalue weighted by atomic mass is 16.5. The maximum atomic E-state index is 12.2. The Kier molecular flexibility index (Phi) is 5.64. The molecule has 0 aliphatic carbocycles. The van der Waals surface area contributed by atoms with E-state index >= 15 is 0 Å². The van der Waals surface area contributed by atoms with Gasteiger partial charge in [-0.3, -0.25) is 4.79 Å². The third-order valence-corrected chi connectivity index (χ3v) is 3.56. The van der Waals surface area contributed by atoms with Crippen LogP contribution in [0.3, 0.4) is 0 Å². The number of carbonyl (C=O) groups is 1. The van der Waals surface area contributed by atoms with Crippen LogP contribution in [0, 0.1) is 11.3 Å². The van der Waals surface area contributed by atoms with Crippen LogP contribution < -0.4 is 14.8 Å². The topological polar surface area (TPSA) is 110 Å². The molecular formula is C19H16N4O4. The molecule has 0 atom stereocenters. The second-order valence-corrected chi connectivity index (χ2v) is 5.45.